The summed E-state index contributed by atoms with van der Waals surface area (Å²) in [6.07, 6.45) is 1.31. The molecule has 0 aliphatic carbocycles. The third kappa shape index (κ3) is 4.95. The van der Waals surface area contributed by atoms with Crippen molar-refractivity contribution in [2.24, 2.45) is 5.73 Å². The maximum atomic E-state index is 11.8. The number of esters is 1. The van der Waals surface area contributed by atoms with E-state index in [4.69, 9.17) is 11.0 Å². The fourth-order valence-corrected chi connectivity index (χ4v) is 1.44. The van der Waals surface area contributed by atoms with Crippen molar-refractivity contribution in [3.63, 3.8) is 0 Å². The molecule has 1 heterocycles. The Morgan fingerprint density at radius 1 is 1.48 bits per heavy atom. The number of nitrogens with zero attached hydrogens (tertiary/aromatic N) is 2. The summed E-state index contributed by atoms with van der Waals surface area (Å²) in [5.74, 6) is -0.937. The first-order valence-corrected chi connectivity index (χ1v) is 6.26. The molecule has 21 heavy (non-hydrogen) atoms. The van der Waals surface area contributed by atoms with Crippen LogP contribution in [0.5, 0.6) is 0 Å². The van der Waals surface area contributed by atoms with Crippen LogP contribution in [0.4, 0.5) is 5.82 Å². The van der Waals surface area contributed by atoms with Crippen molar-refractivity contribution in [3.8, 4) is 6.07 Å². The molecule has 1 amide bonds. The van der Waals surface area contributed by atoms with Crippen LogP contribution >= 0.6 is 0 Å². The number of carbonyl (C=O) groups is 2. The van der Waals surface area contributed by atoms with E-state index in [2.05, 4.69) is 15.0 Å². The Labute approximate surface area is 122 Å². The van der Waals surface area contributed by atoms with Crippen molar-refractivity contribution in [1.82, 2.24) is 4.98 Å². The highest BCUT2D eigenvalue weighted by Crippen LogP contribution is 2.08. The minimum atomic E-state index is -0.834. The van der Waals surface area contributed by atoms with Gasteiger partial charge in [-0.25, -0.2) is 9.78 Å². The number of anilines is 1. The van der Waals surface area contributed by atoms with Crippen LogP contribution in [0.1, 0.15) is 18.9 Å². The van der Waals surface area contributed by atoms with Crippen LogP contribution in [0, 0.1) is 18.3 Å². The number of hydrogen-bond acceptors (Lipinski definition) is 6. The zero-order chi connectivity index (χ0) is 15.8. The van der Waals surface area contributed by atoms with Crippen molar-refractivity contribution in [1.29, 1.82) is 5.26 Å². The second-order valence-corrected chi connectivity index (χ2v) is 4.18. The van der Waals surface area contributed by atoms with Gasteiger partial charge >= 0.3 is 5.97 Å². The van der Waals surface area contributed by atoms with E-state index in [1.165, 1.54) is 0 Å². The molecule has 1 aromatic rings. The zero-order valence-electron chi connectivity index (χ0n) is 11.8. The molecule has 0 aliphatic heterocycles. The Balaban J connectivity index is 2.74. The fraction of sp³-hybridized carbons (Fsp3) is 0.286. The van der Waals surface area contributed by atoms with E-state index in [0.29, 0.717) is 5.82 Å². The van der Waals surface area contributed by atoms with Gasteiger partial charge in [0.15, 0.2) is 5.57 Å². The monoisotopic (exact) mass is 288 g/mol. The average molecular weight is 288 g/mol. The number of nitriles is 1. The predicted molar refractivity (Wildman–Crippen MR) is 75.7 cm³/mol. The van der Waals surface area contributed by atoms with Gasteiger partial charge in [0, 0.05) is 11.9 Å². The molecule has 0 bridgehead atoms. The number of nitrogens with one attached hydrogen (secondary N) is 1. The summed E-state index contributed by atoms with van der Waals surface area (Å²) in [6.45, 7) is 3.60. The Morgan fingerprint density at radius 3 is 2.71 bits per heavy atom. The number of amides is 1. The van der Waals surface area contributed by atoms with Crippen LogP contribution in [0.25, 0.3) is 0 Å². The number of rotatable bonds is 5. The smallest absolute Gasteiger partial charge is 0.350 e. The minimum Gasteiger partial charge on any atom is -0.462 e. The summed E-state index contributed by atoms with van der Waals surface area (Å²) < 4.78 is 4.69. The summed E-state index contributed by atoms with van der Waals surface area (Å²) >= 11 is 0. The lowest BCUT2D eigenvalue weighted by Gasteiger charge is -2.06. The standard InChI is InChI=1S/C14H16N4O3/c1-3-21-14(20)10(7-15)11(16)6-13(19)18-12-5-4-9(2)8-17-12/h4-5,8H,3,6,16H2,1-2H3,(H,17,18,19)/b11-10-. The van der Waals surface area contributed by atoms with Crippen LogP contribution < -0.4 is 11.1 Å². The van der Waals surface area contributed by atoms with Crippen molar-refractivity contribution in [2.75, 3.05) is 11.9 Å². The van der Waals surface area contributed by atoms with Gasteiger partial charge in [0.25, 0.3) is 0 Å². The minimum absolute atomic E-state index is 0.122. The summed E-state index contributed by atoms with van der Waals surface area (Å²) in [5.41, 5.74) is 6.08. The van der Waals surface area contributed by atoms with Gasteiger partial charge in [-0.15, -0.1) is 0 Å². The number of hydrogen-bond donors (Lipinski definition) is 2. The third-order valence-electron chi connectivity index (χ3n) is 2.44. The fourth-order valence-electron chi connectivity index (χ4n) is 1.44. The van der Waals surface area contributed by atoms with E-state index < -0.39 is 11.9 Å². The Bertz CT molecular complexity index is 600. The normalized spacial score (nSPS) is 11.1. The molecule has 110 valence electrons. The van der Waals surface area contributed by atoms with Gasteiger partial charge in [0.2, 0.25) is 5.91 Å². The lowest BCUT2D eigenvalue weighted by Crippen LogP contribution is -2.19. The lowest BCUT2D eigenvalue weighted by molar-refractivity contribution is -0.138. The summed E-state index contributed by atoms with van der Waals surface area (Å²) in [4.78, 5) is 27.3. The number of aryl methyl sites for hydroxylation is 1. The first-order chi connectivity index (χ1) is 9.97. The van der Waals surface area contributed by atoms with Gasteiger partial charge < -0.3 is 15.8 Å². The number of pyridine rings is 1. The van der Waals surface area contributed by atoms with E-state index in [1.807, 2.05) is 6.92 Å². The Kier molecular flexibility index (Phi) is 5.89. The van der Waals surface area contributed by atoms with E-state index in [1.54, 1.807) is 31.3 Å². The molecule has 0 spiro atoms. The van der Waals surface area contributed by atoms with E-state index in [9.17, 15) is 9.59 Å². The third-order valence-corrected chi connectivity index (χ3v) is 2.44. The van der Waals surface area contributed by atoms with Gasteiger partial charge in [-0.1, -0.05) is 6.07 Å². The molecule has 7 nitrogen and oxygen atoms in total. The molecule has 0 saturated heterocycles. The molecule has 0 fully saturated rings. The molecule has 3 N–H and O–H groups in total. The SMILES string of the molecule is CCOC(=O)/C(C#N)=C(\N)CC(=O)Nc1ccc(C)cn1. The van der Waals surface area contributed by atoms with Gasteiger partial charge in [0.1, 0.15) is 11.9 Å². The van der Waals surface area contributed by atoms with Crippen LogP contribution in [-0.2, 0) is 14.3 Å². The predicted octanol–water partition coefficient (Wildman–Crippen LogP) is 1.02. The highest BCUT2D eigenvalue weighted by atomic mass is 16.5. The Hall–Kier alpha value is -2.88. The molecule has 0 aromatic carbocycles. The second-order valence-electron chi connectivity index (χ2n) is 4.18. The van der Waals surface area contributed by atoms with Gasteiger partial charge in [-0.05, 0) is 25.5 Å². The van der Waals surface area contributed by atoms with Crippen LogP contribution in [0.15, 0.2) is 29.6 Å². The Morgan fingerprint density at radius 2 is 2.19 bits per heavy atom. The number of carbonyl (C=O) groups excluding carboxylic acids is 2. The van der Waals surface area contributed by atoms with E-state index >= 15 is 0 Å². The molecule has 0 radical (unpaired) electrons. The van der Waals surface area contributed by atoms with Crippen LogP contribution in [-0.4, -0.2) is 23.5 Å². The molecule has 0 unspecified atom stereocenters. The zero-order valence-corrected chi connectivity index (χ0v) is 11.8. The first kappa shape index (κ1) is 16.2. The number of ether oxygens (including phenoxy) is 1. The highest BCUT2D eigenvalue weighted by Gasteiger charge is 2.17. The number of nitrogens with two attached hydrogens (primary N) is 1. The van der Waals surface area contributed by atoms with Crippen molar-refractivity contribution < 1.29 is 14.3 Å². The highest BCUT2D eigenvalue weighted by molar-refractivity contribution is 5.97. The van der Waals surface area contributed by atoms with Crippen LogP contribution in [0.2, 0.25) is 0 Å². The quantitative estimate of drug-likeness (QED) is 0.474. The van der Waals surface area contributed by atoms with Crippen molar-refractivity contribution in [3.05, 3.63) is 35.2 Å². The van der Waals surface area contributed by atoms with E-state index in [-0.39, 0.29) is 24.3 Å². The molecule has 0 atom stereocenters. The molecule has 1 rings (SSSR count). The van der Waals surface area contributed by atoms with E-state index in [0.717, 1.165) is 5.56 Å². The largest absolute Gasteiger partial charge is 0.462 e. The van der Waals surface area contributed by atoms with Gasteiger partial charge in [-0.3, -0.25) is 4.79 Å². The average Bonchev–Trinajstić information content (AvgIpc) is 2.42. The van der Waals surface area contributed by atoms with Gasteiger partial charge in [0.05, 0.1) is 13.0 Å². The maximum absolute atomic E-state index is 11.8. The second kappa shape index (κ2) is 7.65. The maximum Gasteiger partial charge on any atom is 0.350 e. The molecule has 7 heteroatoms. The molecule has 1 aromatic heterocycles. The van der Waals surface area contributed by atoms with Crippen molar-refractivity contribution in [2.45, 2.75) is 20.3 Å². The summed E-state index contributed by atoms with van der Waals surface area (Å²) in [7, 11) is 0. The molecule has 0 aliphatic rings. The summed E-state index contributed by atoms with van der Waals surface area (Å²) in [5, 5.41) is 11.4. The molecule has 0 saturated carbocycles. The summed E-state index contributed by atoms with van der Waals surface area (Å²) in [6, 6.07) is 5.08. The lowest BCUT2D eigenvalue weighted by atomic mass is 10.1. The van der Waals surface area contributed by atoms with Crippen LogP contribution in [0.3, 0.4) is 0 Å². The number of aromatic nitrogens is 1. The molecular formula is C14H16N4O3. The first-order valence-electron chi connectivity index (χ1n) is 6.26. The van der Waals surface area contributed by atoms with Gasteiger partial charge in [-0.2, -0.15) is 5.26 Å². The van der Waals surface area contributed by atoms with Crippen molar-refractivity contribution >= 4 is 17.7 Å². The topological polar surface area (TPSA) is 118 Å². The molecular weight excluding hydrogens is 272 g/mol.